The standard InChI is InChI=1S/C13H20N4O2S/c1-10-3-4-12(11(9-10)13(14)15)16-5-7-17(8-6-16)20(2,18)19/h3-4,9H,5-8H2,1-2H3,(H3,14,15). The highest BCUT2D eigenvalue weighted by Crippen LogP contribution is 2.23. The number of amidine groups is 1. The second-order valence-corrected chi connectivity index (χ2v) is 7.07. The zero-order chi connectivity index (χ0) is 14.9. The molecule has 1 aliphatic heterocycles. The fourth-order valence-corrected chi connectivity index (χ4v) is 3.23. The number of nitrogen functional groups attached to an aromatic ring is 1. The van der Waals surface area contributed by atoms with Crippen molar-refractivity contribution in [1.29, 1.82) is 5.41 Å². The van der Waals surface area contributed by atoms with Crippen LogP contribution in [0.15, 0.2) is 18.2 Å². The number of nitrogens with one attached hydrogen (secondary N) is 1. The summed E-state index contributed by atoms with van der Waals surface area (Å²) in [6.07, 6.45) is 1.23. The van der Waals surface area contributed by atoms with Crippen molar-refractivity contribution >= 4 is 21.5 Å². The quantitative estimate of drug-likeness (QED) is 0.622. The number of sulfonamides is 1. The van der Waals surface area contributed by atoms with Crippen LogP contribution < -0.4 is 10.6 Å². The number of anilines is 1. The van der Waals surface area contributed by atoms with Crippen molar-refractivity contribution < 1.29 is 8.42 Å². The second-order valence-electron chi connectivity index (χ2n) is 5.08. The molecule has 3 N–H and O–H groups in total. The predicted octanol–water partition coefficient (Wildman–Crippen LogP) is 0.361. The van der Waals surface area contributed by atoms with Crippen molar-refractivity contribution in [2.45, 2.75) is 6.92 Å². The van der Waals surface area contributed by atoms with E-state index in [2.05, 4.69) is 4.90 Å². The summed E-state index contributed by atoms with van der Waals surface area (Å²) in [6, 6.07) is 5.81. The number of piperazine rings is 1. The van der Waals surface area contributed by atoms with Crippen LogP contribution in [0.25, 0.3) is 0 Å². The number of nitrogens with zero attached hydrogens (tertiary/aromatic N) is 2. The van der Waals surface area contributed by atoms with E-state index in [9.17, 15) is 8.42 Å². The molecule has 1 aliphatic rings. The first-order chi connectivity index (χ1) is 9.29. The molecule has 1 aromatic rings. The minimum absolute atomic E-state index is 0.0363. The Morgan fingerprint density at radius 3 is 2.35 bits per heavy atom. The molecule has 20 heavy (non-hydrogen) atoms. The van der Waals surface area contributed by atoms with Crippen LogP contribution in [0.4, 0.5) is 5.69 Å². The number of hydrogen-bond donors (Lipinski definition) is 2. The molecule has 110 valence electrons. The molecule has 1 saturated heterocycles. The van der Waals surface area contributed by atoms with Gasteiger partial charge in [-0.25, -0.2) is 8.42 Å². The zero-order valence-corrected chi connectivity index (χ0v) is 12.6. The van der Waals surface area contributed by atoms with Crippen molar-refractivity contribution in [1.82, 2.24) is 4.31 Å². The summed E-state index contributed by atoms with van der Waals surface area (Å²) in [5, 5.41) is 7.68. The van der Waals surface area contributed by atoms with Gasteiger partial charge in [0, 0.05) is 37.4 Å². The Bertz CT molecular complexity index is 619. The third-order valence-electron chi connectivity index (χ3n) is 3.49. The molecule has 0 radical (unpaired) electrons. The van der Waals surface area contributed by atoms with Gasteiger partial charge in [-0.2, -0.15) is 4.31 Å². The molecule has 0 atom stereocenters. The Kier molecular flexibility index (Phi) is 4.01. The maximum Gasteiger partial charge on any atom is 0.211 e. The average molecular weight is 296 g/mol. The number of hydrogen-bond acceptors (Lipinski definition) is 4. The zero-order valence-electron chi connectivity index (χ0n) is 11.8. The van der Waals surface area contributed by atoms with Crippen LogP contribution in [-0.4, -0.2) is 51.0 Å². The van der Waals surface area contributed by atoms with E-state index in [0.29, 0.717) is 31.7 Å². The Morgan fingerprint density at radius 1 is 1.25 bits per heavy atom. The van der Waals surface area contributed by atoms with Gasteiger partial charge in [-0.15, -0.1) is 0 Å². The number of aryl methyl sites for hydroxylation is 1. The van der Waals surface area contributed by atoms with Crippen LogP contribution in [0, 0.1) is 12.3 Å². The fourth-order valence-electron chi connectivity index (χ4n) is 2.40. The highest BCUT2D eigenvalue weighted by molar-refractivity contribution is 7.88. The lowest BCUT2D eigenvalue weighted by molar-refractivity contribution is 0.388. The maximum atomic E-state index is 11.5. The Balaban J connectivity index is 2.21. The van der Waals surface area contributed by atoms with E-state index >= 15 is 0 Å². The molecule has 0 aliphatic carbocycles. The molecular weight excluding hydrogens is 276 g/mol. The van der Waals surface area contributed by atoms with E-state index in [1.807, 2.05) is 25.1 Å². The Hall–Kier alpha value is -1.60. The van der Waals surface area contributed by atoms with E-state index < -0.39 is 10.0 Å². The van der Waals surface area contributed by atoms with Crippen LogP contribution in [-0.2, 0) is 10.0 Å². The monoisotopic (exact) mass is 296 g/mol. The summed E-state index contributed by atoms with van der Waals surface area (Å²) in [5.74, 6) is 0.0363. The largest absolute Gasteiger partial charge is 0.384 e. The molecule has 0 bridgehead atoms. The highest BCUT2D eigenvalue weighted by Gasteiger charge is 2.24. The van der Waals surface area contributed by atoms with Crippen LogP contribution in [0.3, 0.4) is 0 Å². The molecular formula is C13H20N4O2S. The van der Waals surface area contributed by atoms with Gasteiger partial charge in [0.2, 0.25) is 10.0 Å². The summed E-state index contributed by atoms with van der Waals surface area (Å²) >= 11 is 0. The SMILES string of the molecule is Cc1ccc(N2CCN(S(C)(=O)=O)CC2)c(C(=N)N)c1. The fraction of sp³-hybridized carbons (Fsp3) is 0.462. The summed E-state index contributed by atoms with van der Waals surface area (Å²) in [4.78, 5) is 2.08. The molecule has 1 aromatic carbocycles. The smallest absolute Gasteiger partial charge is 0.211 e. The van der Waals surface area contributed by atoms with Gasteiger partial charge in [0.25, 0.3) is 0 Å². The van der Waals surface area contributed by atoms with Gasteiger partial charge >= 0.3 is 0 Å². The van der Waals surface area contributed by atoms with Gasteiger partial charge in [0.15, 0.2) is 0 Å². The minimum Gasteiger partial charge on any atom is -0.384 e. The van der Waals surface area contributed by atoms with E-state index in [4.69, 9.17) is 11.1 Å². The molecule has 1 fully saturated rings. The molecule has 2 rings (SSSR count). The van der Waals surface area contributed by atoms with Gasteiger partial charge in [0.05, 0.1) is 6.26 Å². The molecule has 7 heteroatoms. The van der Waals surface area contributed by atoms with Crippen LogP contribution in [0.2, 0.25) is 0 Å². The summed E-state index contributed by atoms with van der Waals surface area (Å²) in [5.41, 5.74) is 8.29. The molecule has 0 unspecified atom stereocenters. The first-order valence-electron chi connectivity index (χ1n) is 6.44. The van der Waals surface area contributed by atoms with Gasteiger partial charge in [0.1, 0.15) is 5.84 Å². The minimum atomic E-state index is -3.12. The van der Waals surface area contributed by atoms with Gasteiger partial charge in [-0.05, 0) is 19.1 Å². The van der Waals surface area contributed by atoms with Gasteiger partial charge in [-0.3, -0.25) is 5.41 Å². The lowest BCUT2D eigenvalue weighted by Gasteiger charge is -2.35. The van der Waals surface area contributed by atoms with Gasteiger partial charge in [-0.1, -0.05) is 11.6 Å². The number of benzene rings is 1. The van der Waals surface area contributed by atoms with Crippen molar-refractivity contribution in [2.24, 2.45) is 5.73 Å². The van der Waals surface area contributed by atoms with Crippen molar-refractivity contribution in [2.75, 3.05) is 37.3 Å². The number of nitrogens with two attached hydrogens (primary N) is 1. The van der Waals surface area contributed by atoms with E-state index in [0.717, 1.165) is 11.3 Å². The van der Waals surface area contributed by atoms with Crippen LogP contribution in [0.1, 0.15) is 11.1 Å². The van der Waals surface area contributed by atoms with Crippen molar-refractivity contribution in [3.05, 3.63) is 29.3 Å². The molecule has 1 heterocycles. The third kappa shape index (κ3) is 3.10. The van der Waals surface area contributed by atoms with E-state index in [1.165, 1.54) is 10.6 Å². The first-order valence-corrected chi connectivity index (χ1v) is 8.29. The average Bonchev–Trinajstić information content (AvgIpc) is 2.37. The first kappa shape index (κ1) is 14.8. The molecule has 0 saturated carbocycles. The summed E-state index contributed by atoms with van der Waals surface area (Å²) in [7, 11) is -3.12. The highest BCUT2D eigenvalue weighted by atomic mass is 32.2. The summed E-state index contributed by atoms with van der Waals surface area (Å²) < 4.78 is 24.5. The molecule has 0 amide bonds. The van der Waals surface area contributed by atoms with Crippen LogP contribution in [0.5, 0.6) is 0 Å². The van der Waals surface area contributed by atoms with E-state index in [-0.39, 0.29) is 5.84 Å². The molecule has 6 nitrogen and oxygen atoms in total. The summed E-state index contributed by atoms with van der Waals surface area (Å²) in [6.45, 7) is 4.10. The topological polar surface area (TPSA) is 90.5 Å². The Morgan fingerprint density at radius 2 is 1.85 bits per heavy atom. The van der Waals surface area contributed by atoms with Crippen LogP contribution >= 0.6 is 0 Å². The maximum absolute atomic E-state index is 11.5. The second kappa shape index (κ2) is 5.41. The lowest BCUT2D eigenvalue weighted by atomic mass is 10.1. The third-order valence-corrected chi connectivity index (χ3v) is 4.79. The number of rotatable bonds is 3. The molecule has 0 spiro atoms. The van der Waals surface area contributed by atoms with Crippen molar-refractivity contribution in [3.8, 4) is 0 Å². The molecule has 0 aromatic heterocycles. The lowest BCUT2D eigenvalue weighted by Crippen LogP contribution is -2.48. The normalized spacial score (nSPS) is 17.2. The van der Waals surface area contributed by atoms with E-state index in [1.54, 1.807) is 0 Å². The predicted molar refractivity (Wildman–Crippen MR) is 80.8 cm³/mol. The Labute approximate surface area is 119 Å². The van der Waals surface area contributed by atoms with Crippen molar-refractivity contribution in [3.63, 3.8) is 0 Å². The van der Waals surface area contributed by atoms with Gasteiger partial charge < -0.3 is 10.6 Å².